The first kappa shape index (κ1) is 15.2. The lowest BCUT2D eigenvalue weighted by molar-refractivity contribution is -0.122. The van der Waals surface area contributed by atoms with Crippen LogP contribution in [0.5, 0.6) is 0 Å². The van der Waals surface area contributed by atoms with Crippen LogP contribution in [0, 0.1) is 11.8 Å². The van der Waals surface area contributed by atoms with Gasteiger partial charge in [0.05, 0.1) is 0 Å². The molecular weight excluding hydrogens is 238 g/mol. The predicted octanol–water partition coefficient (Wildman–Crippen LogP) is 3.81. The van der Waals surface area contributed by atoms with Crippen LogP contribution in [0.1, 0.15) is 41.5 Å². The number of nitrogens with one attached hydrogen (secondary N) is 1. The van der Waals surface area contributed by atoms with Crippen molar-refractivity contribution >= 4 is 14.1 Å². The Morgan fingerprint density at radius 1 is 1.17 bits per heavy atom. The third-order valence-electron chi connectivity index (χ3n) is 4.27. The molecule has 1 N–H and O–H groups in total. The molecule has 0 heterocycles. The van der Waals surface area contributed by atoms with E-state index in [1.54, 1.807) is 0 Å². The molecule has 0 aromatic carbocycles. The highest BCUT2D eigenvalue weighted by Gasteiger charge is 2.37. The summed E-state index contributed by atoms with van der Waals surface area (Å²) in [5, 5.41) is 1.49. The number of hydrogen-bond donors (Lipinski definition) is 1. The summed E-state index contributed by atoms with van der Waals surface area (Å²) in [5.74, 6) is 0.727. The summed E-state index contributed by atoms with van der Waals surface area (Å²) in [7, 11) is -1.87. The number of hydrogen-bond acceptors (Lipinski definition) is 1. The van der Waals surface area contributed by atoms with Gasteiger partial charge in [-0.05, 0) is 45.4 Å². The van der Waals surface area contributed by atoms with Crippen molar-refractivity contribution in [2.45, 2.75) is 54.6 Å². The highest BCUT2D eigenvalue weighted by molar-refractivity contribution is 6.84. The van der Waals surface area contributed by atoms with E-state index in [0.717, 1.165) is 0 Å². The molecule has 0 aromatic heterocycles. The maximum Gasteiger partial charge on any atom is 0.215 e. The second kappa shape index (κ2) is 5.04. The number of rotatable bonds is 3. The Balaban J connectivity index is 3.05. The van der Waals surface area contributed by atoms with Crippen LogP contribution in [0.3, 0.4) is 0 Å². The molecule has 1 atom stereocenters. The predicted molar refractivity (Wildman–Crippen MR) is 80.7 cm³/mol. The molecule has 1 amide bonds. The molecule has 2 nitrogen and oxygen atoms in total. The van der Waals surface area contributed by atoms with E-state index in [1.165, 1.54) is 21.9 Å². The highest BCUT2D eigenvalue weighted by Crippen LogP contribution is 2.40. The van der Waals surface area contributed by atoms with Gasteiger partial charge in [-0.25, -0.2) is 0 Å². The van der Waals surface area contributed by atoms with E-state index < -0.39 is 8.24 Å². The largest absolute Gasteiger partial charge is 0.378 e. The van der Waals surface area contributed by atoms with E-state index >= 15 is 0 Å². The zero-order valence-electron chi connectivity index (χ0n) is 13.1. The van der Waals surface area contributed by atoms with Gasteiger partial charge in [-0.2, -0.15) is 0 Å². The summed E-state index contributed by atoms with van der Waals surface area (Å²) < 4.78 is 0. The summed E-state index contributed by atoms with van der Waals surface area (Å²) in [4.78, 5) is 15.3. The first-order valence-corrected chi connectivity index (χ1v) is 9.80. The summed E-state index contributed by atoms with van der Waals surface area (Å²) in [6.07, 6.45) is 0. The molecule has 1 unspecified atom stereocenters. The van der Waals surface area contributed by atoms with Gasteiger partial charge in [-0.1, -0.05) is 37.1 Å². The van der Waals surface area contributed by atoms with E-state index in [0.29, 0.717) is 5.92 Å². The smallest absolute Gasteiger partial charge is 0.215 e. The van der Waals surface area contributed by atoms with E-state index in [2.05, 4.69) is 45.8 Å². The Hall–Kier alpha value is -0.833. The summed E-state index contributed by atoms with van der Waals surface area (Å²) in [5.41, 5.74) is 4.28. The molecular formula is C15H27NOSi. The molecule has 1 aliphatic rings. The van der Waals surface area contributed by atoms with Crippen molar-refractivity contribution < 1.29 is 4.79 Å². The molecule has 1 aliphatic carbocycles. The Bertz CT molecular complexity index is 430. The first-order chi connectivity index (χ1) is 8.09. The van der Waals surface area contributed by atoms with Gasteiger partial charge in [0.1, 0.15) is 0 Å². The molecule has 0 saturated carbocycles. The van der Waals surface area contributed by atoms with Gasteiger partial charge in [0.25, 0.3) is 0 Å². The first-order valence-electron chi connectivity index (χ1n) is 6.80. The highest BCUT2D eigenvalue weighted by atomic mass is 28.3. The minimum Gasteiger partial charge on any atom is -0.378 e. The number of allylic oxidation sites excluding steroid dienone is 4. The minimum atomic E-state index is -1.87. The van der Waals surface area contributed by atoms with Gasteiger partial charge in [0.2, 0.25) is 5.91 Å². The summed E-state index contributed by atoms with van der Waals surface area (Å²) >= 11 is 0. The summed E-state index contributed by atoms with van der Waals surface area (Å²) in [6.45, 7) is 17.3. The molecule has 0 aromatic rings. The standard InChI is InChI=1S/C15H27NOSi/c1-9(2)15(17)16-18(7,8)14-12(5)10(3)11(4)13(14)6/h9,12H,1-8H3,(H,16,17). The van der Waals surface area contributed by atoms with Crippen LogP contribution >= 0.6 is 0 Å². The average molecular weight is 265 g/mol. The van der Waals surface area contributed by atoms with Crippen molar-refractivity contribution in [3.8, 4) is 0 Å². The van der Waals surface area contributed by atoms with Crippen LogP contribution in [0.25, 0.3) is 0 Å². The number of carbonyl (C=O) groups excluding carboxylic acids is 1. The fourth-order valence-electron chi connectivity index (χ4n) is 2.89. The Morgan fingerprint density at radius 3 is 2.00 bits per heavy atom. The van der Waals surface area contributed by atoms with Crippen LogP contribution in [-0.2, 0) is 4.79 Å². The van der Waals surface area contributed by atoms with Crippen molar-refractivity contribution in [1.82, 2.24) is 4.98 Å². The van der Waals surface area contributed by atoms with Crippen LogP contribution < -0.4 is 4.98 Å². The Labute approximate surface area is 113 Å². The van der Waals surface area contributed by atoms with Crippen LogP contribution in [-0.4, -0.2) is 14.1 Å². The maximum atomic E-state index is 12.0. The second-order valence-corrected chi connectivity index (χ2v) is 10.4. The van der Waals surface area contributed by atoms with E-state index in [1.807, 2.05) is 13.8 Å². The fraction of sp³-hybridized carbons (Fsp3) is 0.667. The van der Waals surface area contributed by atoms with Crippen molar-refractivity contribution in [1.29, 1.82) is 0 Å². The molecule has 0 fully saturated rings. The molecule has 18 heavy (non-hydrogen) atoms. The van der Waals surface area contributed by atoms with Gasteiger partial charge < -0.3 is 4.98 Å². The summed E-state index contributed by atoms with van der Waals surface area (Å²) in [6, 6.07) is 0. The number of amides is 1. The zero-order valence-corrected chi connectivity index (χ0v) is 14.1. The van der Waals surface area contributed by atoms with Crippen molar-refractivity contribution in [3.63, 3.8) is 0 Å². The van der Waals surface area contributed by atoms with Gasteiger partial charge in [0, 0.05) is 5.92 Å². The number of carbonyl (C=O) groups is 1. The molecule has 0 spiro atoms. The normalized spacial score (nSPS) is 21.1. The van der Waals surface area contributed by atoms with Crippen molar-refractivity contribution in [2.24, 2.45) is 11.8 Å². The second-order valence-electron chi connectivity index (χ2n) is 6.34. The molecule has 102 valence electrons. The van der Waals surface area contributed by atoms with E-state index in [-0.39, 0.29) is 11.8 Å². The topological polar surface area (TPSA) is 29.1 Å². The third kappa shape index (κ3) is 2.61. The Kier molecular flexibility index (Phi) is 4.26. The third-order valence-corrected chi connectivity index (χ3v) is 7.30. The van der Waals surface area contributed by atoms with Crippen LogP contribution in [0.4, 0.5) is 0 Å². The van der Waals surface area contributed by atoms with Crippen LogP contribution in [0.15, 0.2) is 21.9 Å². The van der Waals surface area contributed by atoms with E-state index in [9.17, 15) is 4.79 Å². The zero-order chi connectivity index (χ0) is 14.2. The SMILES string of the molecule is CC1=C(C)C(C)C([Si](C)(C)NC(=O)C(C)C)=C1C. The lowest BCUT2D eigenvalue weighted by atomic mass is 10.1. The van der Waals surface area contributed by atoms with Gasteiger partial charge in [0.15, 0.2) is 8.24 Å². The molecule has 0 bridgehead atoms. The maximum absolute atomic E-state index is 12.0. The van der Waals surface area contributed by atoms with E-state index in [4.69, 9.17) is 0 Å². The average Bonchev–Trinajstić information content (AvgIpc) is 2.42. The minimum absolute atomic E-state index is 0.0598. The Morgan fingerprint density at radius 2 is 1.67 bits per heavy atom. The monoisotopic (exact) mass is 265 g/mol. The lowest BCUT2D eigenvalue weighted by Crippen LogP contribution is -2.52. The fourth-order valence-corrected chi connectivity index (χ4v) is 6.36. The van der Waals surface area contributed by atoms with Gasteiger partial charge in [-0.15, -0.1) is 0 Å². The molecule has 3 heteroatoms. The lowest BCUT2D eigenvalue weighted by Gasteiger charge is -2.31. The molecule has 1 rings (SSSR count). The molecule has 0 saturated heterocycles. The molecule has 0 radical (unpaired) electrons. The molecule has 0 aliphatic heterocycles. The van der Waals surface area contributed by atoms with Gasteiger partial charge in [-0.3, -0.25) is 4.79 Å². The van der Waals surface area contributed by atoms with Crippen LogP contribution in [0.2, 0.25) is 13.1 Å². The van der Waals surface area contributed by atoms with Gasteiger partial charge >= 0.3 is 0 Å². The van der Waals surface area contributed by atoms with Crippen molar-refractivity contribution in [3.05, 3.63) is 21.9 Å². The van der Waals surface area contributed by atoms with Crippen molar-refractivity contribution in [2.75, 3.05) is 0 Å². The quantitative estimate of drug-likeness (QED) is 0.773.